The van der Waals surface area contributed by atoms with Crippen LogP contribution in [0.4, 0.5) is 24.5 Å². The predicted octanol–water partition coefficient (Wildman–Crippen LogP) is 2.96. The van der Waals surface area contributed by atoms with Crippen LogP contribution in [0.15, 0.2) is 64.0 Å². The Kier molecular flexibility index (Phi) is 4.86. The van der Waals surface area contributed by atoms with Crippen LogP contribution in [-0.2, 0) is 16.2 Å². The Morgan fingerprint density at radius 3 is 2.32 bits per heavy atom. The van der Waals surface area contributed by atoms with Gasteiger partial charge in [0.25, 0.3) is 10.0 Å². The quantitative estimate of drug-likeness (QED) is 0.450. The highest BCUT2D eigenvalue weighted by atomic mass is 32.2. The minimum Gasteiger partial charge on any atom is -0.369 e. The van der Waals surface area contributed by atoms with Crippen molar-refractivity contribution in [1.29, 1.82) is 0 Å². The van der Waals surface area contributed by atoms with E-state index < -0.39 is 27.7 Å². The molecule has 0 bridgehead atoms. The molecule has 0 amide bonds. The van der Waals surface area contributed by atoms with Gasteiger partial charge in [-0.2, -0.15) is 21.6 Å². The molecule has 0 aliphatic rings. The summed E-state index contributed by atoms with van der Waals surface area (Å²) in [5, 5.41) is 3.50. The molecule has 0 unspecified atom stereocenters. The zero-order valence-electron chi connectivity index (χ0n) is 14.1. The van der Waals surface area contributed by atoms with Crippen molar-refractivity contribution in [3.63, 3.8) is 0 Å². The number of fused-ring (bicyclic) bond motifs is 1. The van der Waals surface area contributed by atoms with Crippen LogP contribution < -0.4 is 16.8 Å². The van der Waals surface area contributed by atoms with Gasteiger partial charge >= 0.3 is 6.18 Å². The lowest BCUT2D eigenvalue weighted by atomic mass is 10.1. The highest BCUT2D eigenvalue weighted by molar-refractivity contribution is 7.90. The van der Waals surface area contributed by atoms with Gasteiger partial charge < -0.3 is 16.8 Å². The molecule has 3 aromatic rings. The number of guanidine groups is 1. The molecule has 0 atom stereocenters. The molecule has 0 saturated carbocycles. The highest BCUT2D eigenvalue weighted by Gasteiger charge is 2.30. The zero-order valence-corrected chi connectivity index (χ0v) is 14.9. The number of anilines is 2. The molecule has 0 aliphatic carbocycles. The van der Waals surface area contributed by atoms with Gasteiger partial charge in [-0.05, 0) is 42.5 Å². The first-order valence-electron chi connectivity index (χ1n) is 7.75. The summed E-state index contributed by atoms with van der Waals surface area (Å²) in [5.41, 5.74) is 10.6. The number of halogens is 3. The summed E-state index contributed by atoms with van der Waals surface area (Å²) >= 11 is 0. The number of rotatable bonds is 4. The second-order valence-corrected chi connectivity index (χ2v) is 7.33. The van der Waals surface area contributed by atoms with E-state index >= 15 is 0 Å². The lowest BCUT2D eigenvalue weighted by molar-refractivity contribution is -0.137. The van der Waals surface area contributed by atoms with Crippen molar-refractivity contribution < 1.29 is 21.6 Å². The van der Waals surface area contributed by atoms with Crippen LogP contribution >= 0.6 is 0 Å². The lowest BCUT2D eigenvalue weighted by Gasteiger charge is -2.12. The Bertz CT molecular complexity index is 1160. The van der Waals surface area contributed by atoms with Crippen LogP contribution in [0.1, 0.15) is 5.56 Å². The summed E-state index contributed by atoms with van der Waals surface area (Å²) in [7, 11) is -4.01. The van der Waals surface area contributed by atoms with Gasteiger partial charge in [0, 0.05) is 23.0 Å². The predicted molar refractivity (Wildman–Crippen MR) is 99.5 cm³/mol. The van der Waals surface area contributed by atoms with Crippen LogP contribution in [0.25, 0.3) is 10.9 Å². The maximum Gasteiger partial charge on any atom is 0.416 e. The largest absolute Gasteiger partial charge is 0.416 e. The summed E-state index contributed by atoms with van der Waals surface area (Å²) < 4.78 is 65.6. The van der Waals surface area contributed by atoms with Gasteiger partial charge in [0.2, 0.25) is 5.96 Å². The van der Waals surface area contributed by atoms with Crippen molar-refractivity contribution in [3.8, 4) is 0 Å². The summed E-state index contributed by atoms with van der Waals surface area (Å²) in [6, 6.07) is 10.4. The van der Waals surface area contributed by atoms with E-state index in [4.69, 9.17) is 11.5 Å². The molecule has 1 aromatic heterocycles. The van der Waals surface area contributed by atoms with E-state index in [0.29, 0.717) is 16.8 Å². The molecule has 146 valence electrons. The van der Waals surface area contributed by atoms with E-state index in [-0.39, 0.29) is 10.4 Å². The SMILES string of the molecule is NC(N)=NS(=O)(=O)c1ccc(Nc2ccnc3cc(C(F)(F)F)ccc23)cc1. The van der Waals surface area contributed by atoms with Crippen molar-refractivity contribution in [1.82, 2.24) is 4.98 Å². The number of nitrogens with two attached hydrogens (primary N) is 2. The van der Waals surface area contributed by atoms with Crippen LogP contribution in [0.3, 0.4) is 0 Å². The van der Waals surface area contributed by atoms with Crippen LogP contribution in [0.5, 0.6) is 0 Å². The van der Waals surface area contributed by atoms with Crippen molar-refractivity contribution in [3.05, 3.63) is 60.3 Å². The molecule has 11 heteroatoms. The van der Waals surface area contributed by atoms with Gasteiger partial charge in [0.05, 0.1) is 16.0 Å². The second-order valence-electron chi connectivity index (χ2n) is 5.73. The van der Waals surface area contributed by atoms with Crippen LogP contribution in [-0.4, -0.2) is 19.4 Å². The van der Waals surface area contributed by atoms with Crippen molar-refractivity contribution in [2.75, 3.05) is 5.32 Å². The maximum atomic E-state index is 12.9. The van der Waals surface area contributed by atoms with Gasteiger partial charge in [0.15, 0.2) is 0 Å². The molecule has 2 aromatic carbocycles. The number of nitrogens with one attached hydrogen (secondary N) is 1. The van der Waals surface area contributed by atoms with E-state index in [1.807, 2.05) is 0 Å². The summed E-state index contributed by atoms with van der Waals surface area (Å²) in [6.07, 6.45) is -3.08. The fourth-order valence-electron chi connectivity index (χ4n) is 2.49. The molecule has 1 heterocycles. The van der Waals surface area contributed by atoms with E-state index in [1.165, 1.54) is 36.5 Å². The minimum atomic E-state index is -4.46. The maximum absolute atomic E-state index is 12.9. The van der Waals surface area contributed by atoms with E-state index in [0.717, 1.165) is 12.1 Å². The fourth-order valence-corrected chi connectivity index (χ4v) is 3.35. The standard InChI is InChI=1S/C17H14F3N5O2S/c18-17(19,20)10-1-6-13-14(7-8-23-15(13)9-10)24-11-2-4-12(5-3-11)28(26,27)25-16(21)22/h1-9H,(H,23,24)(H4,21,22,25). The molecule has 3 rings (SSSR count). The Morgan fingerprint density at radius 1 is 1.04 bits per heavy atom. The van der Waals surface area contributed by atoms with Gasteiger partial charge in [-0.3, -0.25) is 4.98 Å². The molecular formula is C17H14F3N5O2S. The molecule has 28 heavy (non-hydrogen) atoms. The number of pyridine rings is 1. The number of nitrogens with zero attached hydrogens (tertiary/aromatic N) is 2. The van der Waals surface area contributed by atoms with Gasteiger partial charge in [-0.15, -0.1) is 4.40 Å². The third kappa shape index (κ3) is 4.14. The third-order valence-corrected chi connectivity index (χ3v) is 5.05. The first-order chi connectivity index (χ1) is 13.1. The van der Waals surface area contributed by atoms with Crippen LogP contribution in [0, 0.1) is 0 Å². The molecule has 0 spiro atoms. The van der Waals surface area contributed by atoms with E-state index in [2.05, 4.69) is 14.7 Å². The van der Waals surface area contributed by atoms with Gasteiger partial charge in [-0.25, -0.2) is 0 Å². The Morgan fingerprint density at radius 2 is 1.71 bits per heavy atom. The van der Waals surface area contributed by atoms with Gasteiger partial charge in [0.1, 0.15) is 0 Å². The normalized spacial score (nSPS) is 12.0. The molecule has 0 saturated heterocycles. The molecule has 5 N–H and O–H groups in total. The summed E-state index contributed by atoms with van der Waals surface area (Å²) in [6.45, 7) is 0. The zero-order chi connectivity index (χ0) is 20.5. The smallest absolute Gasteiger partial charge is 0.369 e. The molecule has 0 aliphatic heterocycles. The second kappa shape index (κ2) is 7.00. The van der Waals surface area contributed by atoms with Crippen LogP contribution in [0.2, 0.25) is 0 Å². The molecular weight excluding hydrogens is 395 g/mol. The molecule has 0 fully saturated rings. The number of benzene rings is 2. The third-order valence-electron chi connectivity index (χ3n) is 3.73. The number of alkyl halides is 3. The fraction of sp³-hybridized carbons (Fsp3) is 0.0588. The molecule has 0 radical (unpaired) electrons. The first-order valence-corrected chi connectivity index (χ1v) is 9.19. The summed E-state index contributed by atoms with van der Waals surface area (Å²) in [5.74, 6) is -0.580. The summed E-state index contributed by atoms with van der Waals surface area (Å²) in [4.78, 5) is 3.86. The molecule has 7 nitrogen and oxygen atoms in total. The Balaban J connectivity index is 1.92. The monoisotopic (exact) mass is 409 g/mol. The first kappa shape index (κ1) is 19.4. The minimum absolute atomic E-state index is 0.110. The Labute approximate surface area is 158 Å². The van der Waals surface area contributed by atoms with E-state index in [1.54, 1.807) is 6.07 Å². The highest BCUT2D eigenvalue weighted by Crippen LogP contribution is 2.33. The number of hydrogen-bond acceptors (Lipinski definition) is 4. The lowest BCUT2D eigenvalue weighted by Crippen LogP contribution is -2.24. The van der Waals surface area contributed by atoms with E-state index in [9.17, 15) is 21.6 Å². The van der Waals surface area contributed by atoms with Crippen molar-refractivity contribution >= 4 is 38.3 Å². The Hall–Kier alpha value is -3.34. The number of hydrogen-bond donors (Lipinski definition) is 3. The number of sulfonamides is 1. The average molecular weight is 409 g/mol. The van der Waals surface area contributed by atoms with Crippen molar-refractivity contribution in [2.24, 2.45) is 15.9 Å². The average Bonchev–Trinajstić information content (AvgIpc) is 2.60. The number of aromatic nitrogens is 1. The topological polar surface area (TPSA) is 123 Å². The van der Waals surface area contributed by atoms with Gasteiger partial charge in [-0.1, -0.05) is 6.07 Å². The van der Waals surface area contributed by atoms with Crippen molar-refractivity contribution in [2.45, 2.75) is 11.1 Å².